The van der Waals surface area contributed by atoms with Crippen molar-refractivity contribution >= 4 is 17.8 Å². The molecule has 0 aromatic rings. The first-order chi connectivity index (χ1) is 10.7. The number of hydrogen-bond acceptors (Lipinski definition) is 3. The van der Waals surface area contributed by atoms with E-state index in [4.69, 9.17) is 0 Å². The maximum Gasteiger partial charge on any atom is 0.329 e. The third-order valence-electron chi connectivity index (χ3n) is 4.76. The monoisotopic (exact) mass is 326 g/mol. The number of likely N-dealkylation sites (tertiary alicyclic amines) is 1. The Bertz CT molecular complexity index is 452. The van der Waals surface area contributed by atoms with Crippen molar-refractivity contribution in [2.24, 2.45) is 11.8 Å². The van der Waals surface area contributed by atoms with Gasteiger partial charge in [-0.1, -0.05) is 27.2 Å². The van der Waals surface area contributed by atoms with Crippen molar-refractivity contribution < 1.29 is 19.5 Å². The Hall–Kier alpha value is -1.59. The highest BCUT2D eigenvalue weighted by molar-refractivity contribution is 5.88. The van der Waals surface area contributed by atoms with Crippen LogP contribution in [0.1, 0.15) is 59.8 Å². The zero-order valence-electron chi connectivity index (χ0n) is 14.7. The molecule has 0 aromatic carbocycles. The SMILES string of the molecule is CCCC(C)(NC(=O)C1CCCN(C(=O)C(C)CC)C1)C(=O)O. The Balaban J connectivity index is 2.72. The first-order valence-corrected chi connectivity index (χ1v) is 8.59. The van der Waals surface area contributed by atoms with E-state index < -0.39 is 11.5 Å². The first kappa shape index (κ1) is 19.5. The molecule has 1 aliphatic heterocycles. The second-order valence-corrected chi connectivity index (χ2v) is 6.81. The quantitative estimate of drug-likeness (QED) is 0.749. The molecule has 1 heterocycles. The topological polar surface area (TPSA) is 86.7 Å². The summed E-state index contributed by atoms with van der Waals surface area (Å²) in [6, 6.07) is 0. The summed E-state index contributed by atoms with van der Waals surface area (Å²) in [5.74, 6) is -1.56. The minimum atomic E-state index is -1.24. The summed E-state index contributed by atoms with van der Waals surface area (Å²) < 4.78 is 0. The molecule has 1 aliphatic rings. The van der Waals surface area contributed by atoms with E-state index >= 15 is 0 Å². The van der Waals surface area contributed by atoms with Crippen molar-refractivity contribution in [1.29, 1.82) is 0 Å². The molecule has 0 spiro atoms. The fraction of sp³-hybridized carbons (Fsp3) is 0.824. The summed E-state index contributed by atoms with van der Waals surface area (Å²) in [7, 11) is 0. The number of carboxylic acids is 1. The Morgan fingerprint density at radius 3 is 2.52 bits per heavy atom. The Kier molecular flexibility index (Phi) is 7.03. The zero-order valence-corrected chi connectivity index (χ0v) is 14.7. The molecule has 1 saturated heterocycles. The molecule has 3 unspecified atom stereocenters. The molecule has 0 aromatic heterocycles. The van der Waals surface area contributed by atoms with Crippen LogP contribution < -0.4 is 5.32 Å². The van der Waals surface area contributed by atoms with Gasteiger partial charge in [-0.2, -0.15) is 0 Å². The van der Waals surface area contributed by atoms with Crippen LogP contribution in [0.3, 0.4) is 0 Å². The minimum Gasteiger partial charge on any atom is -0.480 e. The lowest BCUT2D eigenvalue weighted by atomic mass is 9.91. The van der Waals surface area contributed by atoms with Gasteiger partial charge in [-0.3, -0.25) is 9.59 Å². The van der Waals surface area contributed by atoms with E-state index in [2.05, 4.69) is 5.32 Å². The molecule has 6 heteroatoms. The van der Waals surface area contributed by atoms with Crippen LogP contribution in [0.4, 0.5) is 0 Å². The van der Waals surface area contributed by atoms with Crippen LogP contribution in [0, 0.1) is 11.8 Å². The van der Waals surface area contributed by atoms with Crippen molar-refractivity contribution in [3.05, 3.63) is 0 Å². The Labute approximate surface area is 138 Å². The number of hydrogen-bond donors (Lipinski definition) is 2. The second-order valence-electron chi connectivity index (χ2n) is 6.81. The fourth-order valence-electron chi connectivity index (χ4n) is 2.97. The van der Waals surface area contributed by atoms with Crippen LogP contribution in [0.15, 0.2) is 0 Å². The molecule has 2 N–H and O–H groups in total. The van der Waals surface area contributed by atoms with Gasteiger partial charge in [0.2, 0.25) is 11.8 Å². The number of rotatable bonds is 7. The van der Waals surface area contributed by atoms with Crippen LogP contribution in [0.5, 0.6) is 0 Å². The molecular weight excluding hydrogens is 296 g/mol. The normalized spacial score (nSPS) is 22.1. The number of nitrogens with one attached hydrogen (secondary N) is 1. The van der Waals surface area contributed by atoms with Gasteiger partial charge >= 0.3 is 5.97 Å². The summed E-state index contributed by atoms with van der Waals surface area (Å²) in [5, 5.41) is 12.1. The van der Waals surface area contributed by atoms with E-state index in [1.807, 2.05) is 20.8 Å². The van der Waals surface area contributed by atoms with Crippen LogP contribution in [-0.4, -0.2) is 46.4 Å². The third-order valence-corrected chi connectivity index (χ3v) is 4.76. The molecule has 23 heavy (non-hydrogen) atoms. The maximum atomic E-state index is 12.5. The molecule has 132 valence electrons. The van der Waals surface area contributed by atoms with Crippen LogP contribution in [0.2, 0.25) is 0 Å². The first-order valence-electron chi connectivity index (χ1n) is 8.59. The molecular formula is C17H30N2O4. The number of nitrogens with zero attached hydrogens (tertiary/aromatic N) is 1. The molecule has 0 radical (unpaired) electrons. The summed E-state index contributed by atoms with van der Waals surface area (Å²) >= 11 is 0. The number of aliphatic carboxylic acids is 1. The van der Waals surface area contributed by atoms with E-state index in [-0.39, 0.29) is 23.7 Å². The predicted octanol–water partition coefficient (Wildman–Crippen LogP) is 2.03. The largest absolute Gasteiger partial charge is 0.480 e. The van der Waals surface area contributed by atoms with Gasteiger partial charge in [0.1, 0.15) is 5.54 Å². The average molecular weight is 326 g/mol. The number of carbonyl (C=O) groups is 3. The molecule has 6 nitrogen and oxygen atoms in total. The molecule has 0 aliphatic carbocycles. The number of piperidine rings is 1. The Morgan fingerprint density at radius 1 is 1.35 bits per heavy atom. The van der Waals surface area contributed by atoms with Crippen molar-refractivity contribution in [2.75, 3.05) is 13.1 Å². The van der Waals surface area contributed by atoms with Crippen LogP contribution in [-0.2, 0) is 14.4 Å². The van der Waals surface area contributed by atoms with Gasteiger partial charge in [-0.15, -0.1) is 0 Å². The van der Waals surface area contributed by atoms with E-state index in [1.54, 1.807) is 11.8 Å². The molecule has 2 amide bonds. The predicted molar refractivity (Wildman–Crippen MR) is 87.9 cm³/mol. The third kappa shape index (κ3) is 4.94. The fourth-order valence-corrected chi connectivity index (χ4v) is 2.97. The van der Waals surface area contributed by atoms with E-state index in [0.717, 1.165) is 12.8 Å². The van der Waals surface area contributed by atoms with Gasteiger partial charge < -0.3 is 15.3 Å². The smallest absolute Gasteiger partial charge is 0.329 e. The van der Waals surface area contributed by atoms with E-state index in [0.29, 0.717) is 32.4 Å². The van der Waals surface area contributed by atoms with Gasteiger partial charge in [0.25, 0.3) is 0 Å². The summed E-state index contributed by atoms with van der Waals surface area (Å²) in [6.45, 7) is 8.37. The highest BCUT2D eigenvalue weighted by atomic mass is 16.4. The van der Waals surface area contributed by atoms with Gasteiger partial charge in [-0.05, 0) is 32.6 Å². The van der Waals surface area contributed by atoms with Gasteiger partial charge in [0, 0.05) is 19.0 Å². The van der Waals surface area contributed by atoms with Gasteiger partial charge in [0.05, 0.1) is 5.92 Å². The van der Waals surface area contributed by atoms with Crippen molar-refractivity contribution in [2.45, 2.75) is 65.3 Å². The summed E-state index contributed by atoms with van der Waals surface area (Å²) in [5.41, 5.74) is -1.24. The Morgan fingerprint density at radius 2 is 2.00 bits per heavy atom. The molecule has 0 bridgehead atoms. The minimum absolute atomic E-state index is 0.0406. The highest BCUT2D eigenvalue weighted by Crippen LogP contribution is 2.21. The van der Waals surface area contributed by atoms with Gasteiger partial charge in [0.15, 0.2) is 0 Å². The van der Waals surface area contributed by atoms with E-state index in [1.165, 1.54) is 0 Å². The number of carboxylic acid groups (broad SMARTS) is 1. The second kappa shape index (κ2) is 8.31. The number of carbonyl (C=O) groups excluding carboxylic acids is 2. The van der Waals surface area contributed by atoms with Crippen molar-refractivity contribution in [3.63, 3.8) is 0 Å². The average Bonchev–Trinajstić information content (AvgIpc) is 2.53. The van der Waals surface area contributed by atoms with Crippen molar-refractivity contribution in [1.82, 2.24) is 10.2 Å². The lowest BCUT2D eigenvalue weighted by Gasteiger charge is -2.35. The lowest BCUT2D eigenvalue weighted by molar-refractivity contribution is -0.149. The highest BCUT2D eigenvalue weighted by Gasteiger charge is 2.37. The number of amides is 2. The zero-order chi connectivity index (χ0) is 17.6. The van der Waals surface area contributed by atoms with Gasteiger partial charge in [-0.25, -0.2) is 4.79 Å². The van der Waals surface area contributed by atoms with Crippen molar-refractivity contribution in [3.8, 4) is 0 Å². The maximum absolute atomic E-state index is 12.5. The molecule has 1 fully saturated rings. The lowest BCUT2D eigenvalue weighted by Crippen LogP contribution is -2.56. The summed E-state index contributed by atoms with van der Waals surface area (Å²) in [4.78, 5) is 38.0. The van der Waals surface area contributed by atoms with Crippen LogP contribution >= 0.6 is 0 Å². The van der Waals surface area contributed by atoms with Crippen LogP contribution in [0.25, 0.3) is 0 Å². The molecule has 3 atom stereocenters. The summed E-state index contributed by atoms with van der Waals surface area (Å²) in [6.07, 6.45) is 3.30. The molecule has 0 saturated carbocycles. The molecule has 1 rings (SSSR count). The standard InChI is InChI=1S/C17H30N2O4/c1-5-9-17(4,16(22)23)18-14(20)13-8-7-10-19(11-13)15(21)12(3)6-2/h12-13H,5-11H2,1-4H3,(H,18,20)(H,22,23). The van der Waals surface area contributed by atoms with E-state index in [9.17, 15) is 19.5 Å².